The molecule has 6 heteroatoms. The van der Waals surface area contributed by atoms with E-state index in [4.69, 9.17) is 0 Å². The summed E-state index contributed by atoms with van der Waals surface area (Å²) in [6.45, 7) is 2.07. The molecule has 124 valence electrons. The Morgan fingerprint density at radius 2 is 1.83 bits per heavy atom. The number of hydrogen-bond donors (Lipinski definition) is 2. The third kappa shape index (κ3) is 3.22. The van der Waals surface area contributed by atoms with Gasteiger partial charge in [-0.2, -0.15) is 0 Å². The number of carbonyl (C=O) groups excluding carboxylic acids is 2. The number of amides is 1. The molecule has 2 N–H and O–H groups in total. The lowest BCUT2D eigenvalue weighted by atomic mass is 10.1. The molecule has 1 aliphatic rings. The molecule has 1 amide bonds. The van der Waals surface area contributed by atoms with Gasteiger partial charge in [0.05, 0.1) is 5.56 Å². The molecule has 2 aromatic rings. The van der Waals surface area contributed by atoms with E-state index in [0.29, 0.717) is 12.0 Å². The van der Waals surface area contributed by atoms with Crippen LogP contribution in [0.15, 0.2) is 36.4 Å². The second-order valence-electron chi connectivity index (χ2n) is 5.71. The van der Waals surface area contributed by atoms with Crippen LogP contribution in [0, 0.1) is 5.82 Å². The van der Waals surface area contributed by atoms with Crippen molar-refractivity contribution in [2.75, 3.05) is 23.3 Å². The zero-order valence-electron chi connectivity index (χ0n) is 13.0. The highest BCUT2D eigenvalue weighted by Gasteiger charge is 2.15. The summed E-state index contributed by atoms with van der Waals surface area (Å²) in [7, 11) is 0. The van der Waals surface area contributed by atoms with Crippen LogP contribution in [0.3, 0.4) is 0 Å². The van der Waals surface area contributed by atoms with Crippen molar-refractivity contribution < 1.29 is 19.1 Å². The molecule has 0 aliphatic carbocycles. The summed E-state index contributed by atoms with van der Waals surface area (Å²) in [5, 5.41) is 12.0. The molecule has 0 atom stereocenters. The highest BCUT2D eigenvalue weighted by molar-refractivity contribution is 6.05. The van der Waals surface area contributed by atoms with E-state index in [9.17, 15) is 19.1 Å². The van der Waals surface area contributed by atoms with Crippen molar-refractivity contribution in [2.45, 2.75) is 12.8 Å². The average molecular weight is 328 g/mol. The van der Waals surface area contributed by atoms with Gasteiger partial charge in [-0.15, -0.1) is 0 Å². The molecule has 0 bridgehead atoms. The van der Waals surface area contributed by atoms with E-state index in [0.717, 1.165) is 30.9 Å². The number of hydrogen-bond acceptors (Lipinski definition) is 4. The van der Waals surface area contributed by atoms with Crippen LogP contribution in [0.5, 0.6) is 5.75 Å². The summed E-state index contributed by atoms with van der Waals surface area (Å²) in [4.78, 5) is 25.3. The van der Waals surface area contributed by atoms with Crippen LogP contribution in [0.1, 0.15) is 33.6 Å². The number of aromatic hydroxyl groups is 1. The number of carbonyl (C=O) groups is 2. The van der Waals surface area contributed by atoms with Gasteiger partial charge in [0, 0.05) is 30.0 Å². The standard InChI is InChI=1S/C18H17FN2O3/c19-16-10-12(9-13(11-22)17(16)23)18(24)20-14-3-5-15(6-4-14)21-7-1-2-8-21/h3-6,9-11,23H,1-2,7-8H2,(H,20,24). The average Bonchev–Trinajstić information content (AvgIpc) is 3.12. The Morgan fingerprint density at radius 1 is 1.17 bits per heavy atom. The zero-order chi connectivity index (χ0) is 17.1. The number of phenolic OH excluding ortho intramolecular Hbond substituents is 1. The highest BCUT2D eigenvalue weighted by Crippen LogP contribution is 2.24. The van der Waals surface area contributed by atoms with Crippen LogP contribution in [-0.4, -0.2) is 30.4 Å². The van der Waals surface area contributed by atoms with Gasteiger partial charge in [0.1, 0.15) is 0 Å². The molecular weight excluding hydrogens is 311 g/mol. The summed E-state index contributed by atoms with van der Waals surface area (Å²) in [5.74, 6) is -2.31. The number of rotatable bonds is 4. The molecule has 1 aliphatic heterocycles. The minimum absolute atomic E-state index is 0.0315. The fourth-order valence-electron chi connectivity index (χ4n) is 2.78. The van der Waals surface area contributed by atoms with Gasteiger partial charge in [0.25, 0.3) is 5.91 Å². The molecule has 24 heavy (non-hydrogen) atoms. The molecule has 1 heterocycles. The Hall–Kier alpha value is -2.89. The first-order valence-electron chi connectivity index (χ1n) is 7.72. The van der Waals surface area contributed by atoms with Crippen molar-refractivity contribution in [3.8, 4) is 5.75 Å². The van der Waals surface area contributed by atoms with Crippen LogP contribution in [0.25, 0.3) is 0 Å². The van der Waals surface area contributed by atoms with Gasteiger partial charge in [0.2, 0.25) is 0 Å². The fourth-order valence-corrected chi connectivity index (χ4v) is 2.78. The lowest BCUT2D eigenvalue weighted by Gasteiger charge is -2.17. The molecule has 1 saturated heterocycles. The van der Waals surface area contributed by atoms with Crippen molar-refractivity contribution in [1.82, 2.24) is 0 Å². The van der Waals surface area contributed by atoms with Gasteiger partial charge < -0.3 is 15.3 Å². The van der Waals surface area contributed by atoms with E-state index < -0.39 is 17.5 Å². The van der Waals surface area contributed by atoms with Gasteiger partial charge in [-0.3, -0.25) is 9.59 Å². The third-order valence-corrected chi connectivity index (χ3v) is 4.08. The number of nitrogens with one attached hydrogen (secondary N) is 1. The van der Waals surface area contributed by atoms with E-state index in [-0.39, 0.29) is 11.1 Å². The molecule has 3 rings (SSSR count). The smallest absolute Gasteiger partial charge is 0.255 e. The second kappa shape index (κ2) is 6.70. The normalized spacial score (nSPS) is 13.8. The van der Waals surface area contributed by atoms with Gasteiger partial charge in [-0.05, 0) is 49.2 Å². The molecular formula is C18H17FN2O3. The summed E-state index contributed by atoms with van der Waals surface area (Å²) in [6, 6.07) is 9.46. The Labute approximate surface area is 138 Å². The predicted octanol–water partition coefficient (Wildman–Crippen LogP) is 3.20. The van der Waals surface area contributed by atoms with Crippen molar-refractivity contribution in [3.05, 3.63) is 53.3 Å². The van der Waals surface area contributed by atoms with Crippen molar-refractivity contribution >= 4 is 23.6 Å². The van der Waals surface area contributed by atoms with E-state index in [2.05, 4.69) is 10.2 Å². The van der Waals surface area contributed by atoms with Crippen LogP contribution in [0.4, 0.5) is 15.8 Å². The number of benzene rings is 2. The van der Waals surface area contributed by atoms with Crippen molar-refractivity contribution in [1.29, 1.82) is 0 Å². The van der Waals surface area contributed by atoms with Crippen LogP contribution < -0.4 is 10.2 Å². The molecule has 1 fully saturated rings. The summed E-state index contributed by atoms with van der Waals surface area (Å²) >= 11 is 0. The molecule has 0 aromatic heterocycles. The monoisotopic (exact) mass is 328 g/mol. The maximum atomic E-state index is 13.6. The minimum atomic E-state index is -1.01. The Bertz CT molecular complexity index is 769. The number of nitrogens with zero attached hydrogens (tertiary/aromatic N) is 1. The number of aldehydes is 1. The van der Waals surface area contributed by atoms with Crippen LogP contribution >= 0.6 is 0 Å². The minimum Gasteiger partial charge on any atom is -0.504 e. The van der Waals surface area contributed by atoms with Gasteiger partial charge >= 0.3 is 0 Å². The fraction of sp³-hybridized carbons (Fsp3) is 0.222. The number of phenols is 1. The van der Waals surface area contributed by atoms with E-state index in [1.165, 1.54) is 12.8 Å². The molecule has 5 nitrogen and oxygen atoms in total. The molecule has 0 spiro atoms. The first-order chi connectivity index (χ1) is 11.6. The van der Waals surface area contributed by atoms with Crippen LogP contribution in [0.2, 0.25) is 0 Å². The van der Waals surface area contributed by atoms with E-state index in [1.54, 1.807) is 12.1 Å². The largest absolute Gasteiger partial charge is 0.504 e. The van der Waals surface area contributed by atoms with Crippen molar-refractivity contribution in [2.24, 2.45) is 0 Å². The lowest BCUT2D eigenvalue weighted by Crippen LogP contribution is -2.17. The first kappa shape index (κ1) is 16.0. The second-order valence-corrected chi connectivity index (χ2v) is 5.71. The number of halogens is 1. The summed E-state index contributed by atoms with van der Waals surface area (Å²) < 4.78 is 13.6. The molecule has 0 unspecified atom stereocenters. The van der Waals surface area contributed by atoms with E-state index >= 15 is 0 Å². The van der Waals surface area contributed by atoms with Gasteiger partial charge in [0.15, 0.2) is 17.9 Å². The predicted molar refractivity (Wildman–Crippen MR) is 89.3 cm³/mol. The van der Waals surface area contributed by atoms with Crippen LogP contribution in [-0.2, 0) is 0 Å². The molecule has 0 saturated carbocycles. The number of anilines is 2. The van der Waals surface area contributed by atoms with E-state index in [1.807, 2.05) is 12.1 Å². The van der Waals surface area contributed by atoms with Gasteiger partial charge in [-0.25, -0.2) is 4.39 Å². The van der Waals surface area contributed by atoms with Crippen molar-refractivity contribution in [3.63, 3.8) is 0 Å². The maximum absolute atomic E-state index is 13.6. The van der Waals surface area contributed by atoms with Gasteiger partial charge in [-0.1, -0.05) is 0 Å². The topological polar surface area (TPSA) is 69.6 Å². The maximum Gasteiger partial charge on any atom is 0.255 e. The zero-order valence-corrected chi connectivity index (χ0v) is 13.0. The lowest BCUT2D eigenvalue weighted by molar-refractivity contribution is 0.102. The molecule has 2 aromatic carbocycles. The summed E-state index contributed by atoms with van der Waals surface area (Å²) in [6.07, 6.45) is 2.67. The Balaban J connectivity index is 1.75. The SMILES string of the molecule is O=Cc1cc(C(=O)Nc2ccc(N3CCCC3)cc2)cc(F)c1O. The summed E-state index contributed by atoms with van der Waals surface area (Å²) in [5.41, 5.74) is 1.38. The quantitative estimate of drug-likeness (QED) is 0.846. The Morgan fingerprint density at radius 3 is 2.46 bits per heavy atom. The molecule has 0 radical (unpaired) electrons. The first-order valence-corrected chi connectivity index (χ1v) is 7.72. The Kier molecular flexibility index (Phi) is 4.46. The third-order valence-electron chi connectivity index (χ3n) is 4.08. The highest BCUT2D eigenvalue weighted by atomic mass is 19.1.